The van der Waals surface area contributed by atoms with Gasteiger partial charge in [0.15, 0.2) is 0 Å². The zero-order valence-corrected chi connectivity index (χ0v) is 55.8. The van der Waals surface area contributed by atoms with Crippen molar-refractivity contribution in [2.24, 2.45) is 29.6 Å². The Kier molecular flexibility index (Phi) is 38.3. The Morgan fingerprint density at radius 3 is 1.87 bits per heavy atom. The second-order valence-corrected chi connectivity index (χ2v) is 23.0. The van der Waals surface area contributed by atoms with Crippen molar-refractivity contribution in [3.8, 4) is 0 Å². The molecule has 82 heavy (non-hydrogen) atoms. The van der Waals surface area contributed by atoms with Crippen molar-refractivity contribution in [3.63, 3.8) is 0 Å². The van der Waals surface area contributed by atoms with Gasteiger partial charge in [0.2, 0.25) is 29.5 Å². The Morgan fingerprint density at radius 1 is 0.744 bits per heavy atom. The zero-order chi connectivity index (χ0) is 61.3. The fourth-order valence-electron chi connectivity index (χ4n) is 11.1. The minimum atomic E-state index is -0.903. The third-order valence-corrected chi connectivity index (χ3v) is 16.0. The molecule has 1 saturated carbocycles. The molecule has 2 saturated heterocycles. The number of benzene rings is 1. The van der Waals surface area contributed by atoms with Gasteiger partial charge in [-0.15, -0.1) is 13.1 Å². The topological polar surface area (TPSA) is 271 Å². The molecule has 0 radical (unpaired) electrons. The third kappa shape index (κ3) is 26.3. The van der Waals surface area contributed by atoms with Crippen LogP contribution in [0, 0.1) is 29.6 Å². The van der Waals surface area contributed by atoms with Gasteiger partial charge in [0.25, 0.3) is 0 Å². The number of hydrogen-bond donors (Lipinski definition) is 5. The summed E-state index contributed by atoms with van der Waals surface area (Å²) in [5.41, 5.74) is 15.4. The molecule has 23 heteroatoms. The minimum Gasteiger partial charge on any atom is -0.676 e. The summed E-state index contributed by atoms with van der Waals surface area (Å²) in [4.78, 5) is 87.6. The molecule has 475 valence electrons. The van der Waals surface area contributed by atoms with Gasteiger partial charge in [-0.25, -0.2) is 4.79 Å². The van der Waals surface area contributed by atoms with Crippen molar-refractivity contribution in [1.29, 1.82) is 0 Å². The molecular formula is C59H104IN11O10Pt-3. The third-order valence-electron chi connectivity index (χ3n) is 16.0. The molecule has 3 aliphatic rings. The fourth-order valence-corrected chi connectivity index (χ4v) is 11.1. The number of piperidine rings is 1. The Bertz CT molecular complexity index is 1960. The Balaban J connectivity index is 0.00000208. The van der Waals surface area contributed by atoms with E-state index < -0.39 is 48.3 Å². The van der Waals surface area contributed by atoms with Crippen molar-refractivity contribution in [3.05, 3.63) is 52.7 Å². The van der Waals surface area contributed by atoms with Crippen molar-refractivity contribution in [2.45, 2.75) is 174 Å². The summed E-state index contributed by atoms with van der Waals surface area (Å²) in [6.07, 6.45) is 7.15. The van der Waals surface area contributed by atoms with Gasteiger partial charge in [-0.2, -0.15) is 12.1 Å². The van der Waals surface area contributed by atoms with Gasteiger partial charge in [-0.1, -0.05) is 124 Å². The number of halogens is 1. The van der Waals surface area contributed by atoms with Gasteiger partial charge in [0.05, 0.1) is 69.1 Å². The van der Waals surface area contributed by atoms with Crippen LogP contribution in [0.1, 0.15) is 118 Å². The summed E-state index contributed by atoms with van der Waals surface area (Å²) < 4.78 is 23.4. The number of urea groups is 1. The molecule has 1 aliphatic carbocycles. The Labute approximate surface area is 513 Å². The molecule has 4 rings (SSSR count). The van der Waals surface area contributed by atoms with Crippen molar-refractivity contribution >= 4 is 54.9 Å². The van der Waals surface area contributed by atoms with Crippen molar-refractivity contribution in [1.82, 2.24) is 41.3 Å². The van der Waals surface area contributed by atoms with Crippen LogP contribution in [0.2, 0.25) is 0 Å². The number of methoxy groups -OCH3 is 2. The fraction of sp³-hybridized carbons (Fsp3) is 0.797. The molecule has 7 amide bonds. The molecule has 2 heterocycles. The molecule has 21 nitrogen and oxygen atoms in total. The minimum absolute atomic E-state index is 0.0166. The van der Waals surface area contributed by atoms with Crippen LogP contribution in [0.5, 0.6) is 0 Å². The molecule has 0 bridgehead atoms. The first-order valence-corrected chi connectivity index (χ1v) is 36.2. The molecule has 3 fully saturated rings. The maximum atomic E-state index is 14.5. The van der Waals surface area contributed by atoms with Gasteiger partial charge >= 0.3 is 41.5 Å². The van der Waals surface area contributed by atoms with Gasteiger partial charge < -0.3 is 72.1 Å². The number of nitrogens with one attached hydrogen (secondary N) is 7. The molecule has 11 atom stereocenters. The van der Waals surface area contributed by atoms with Crippen LogP contribution < -0.4 is 26.6 Å². The largest absolute Gasteiger partial charge is 0.676 e. The van der Waals surface area contributed by atoms with Crippen LogP contribution >= 0.6 is 19.4 Å². The number of rotatable bonds is 32. The summed E-state index contributed by atoms with van der Waals surface area (Å²) in [6.45, 7) is 18.2. The smallest absolute Gasteiger partial charge is 0.0548 e. The van der Waals surface area contributed by atoms with E-state index in [0.29, 0.717) is 64.6 Å². The van der Waals surface area contributed by atoms with E-state index in [2.05, 4.69) is 67.4 Å². The summed E-state index contributed by atoms with van der Waals surface area (Å²) in [5.74, 6) is -1.91. The summed E-state index contributed by atoms with van der Waals surface area (Å²) in [7, 11) is 8.51. The predicted molar refractivity (Wildman–Crippen MR) is 328 cm³/mol. The van der Waals surface area contributed by atoms with E-state index in [0.717, 1.165) is 44.3 Å². The first-order valence-electron chi connectivity index (χ1n) is 29.7. The Hall–Kier alpha value is -3.06. The van der Waals surface area contributed by atoms with E-state index in [1.165, 1.54) is 20.0 Å². The van der Waals surface area contributed by atoms with E-state index in [-0.39, 0.29) is 91.4 Å². The van der Waals surface area contributed by atoms with Crippen LogP contribution in [0.4, 0.5) is 4.79 Å². The van der Waals surface area contributed by atoms with Crippen LogP contribution in [0.3, 0.4) is 0 Å². The summed E-state index contributed by atoms with van der Waals surface area (Å²) in [6, 6.07) is 6.04. The SMILES string of the molecule is CC[C@H](C)[C@@H]([C@@H](CC(=O)N1CCC[C@H]1[C@H](OC)[C@@H](C)C(=O)N[C@@H](Cc1ccccc1)C(=O)NCCOCCOCCNC(=O)NCC1CC[N-]CC1)OC)N(C)C(=O)[C@@H](NC(=O)[C@H](C(C)C)N(C)C)C(C)C.[I][Pt].[NH-][C@@H]1CCCC[C@@H]1[NH-]. The number of likely N-dealkylation sites (tertiary alicyclic amines) is 1. The number of likely N-dealkylation sites (N-methyl/N-ethyl adjacent to an activating group) is 2. The van der Waals surface area contributed by atoms with E-state index in [1.807, 2.05) is 90.9 Å². The number of amides is 7. The quantitative estimate of drug-likeness (QED) is 0.0367. The Morgan fingerprint density at radius 2 is 1.34 bits per heavy atom. The molecule has 0 aromatic heterocycles. The normalized spacial score (nSPS) is 20.3. The molecule has 7 N–H and O–H groups in total. The van der Waals surface area contributed by atoms with Crippen LogP contribution in [-0.2, 0) is 65.5 Å². The molecular weight excluding hydrogens is 1340 g/mol. The molecule has 0 spiro atoms. The first-order chi connectivity index (χ1) is 39.2. The molecule has 1 aromatic carbocycles. The van der Waals surface area contributed by atoms with Gasteiger partial charge in [-0.3, -0.25) is 28.9 Å². The number of hydrogen-bond acceptors (Lipinski definition) is 11. The number of carbonyl (C=O) groups is 6. The average molecular weight is 1450 g/mol. The summed E-state index contributed by atoms with van der Waals surface area (Å²) >= 11 is 4.23. The van der Waals surface area contributed by atoms with Gasteiger partial charge in [-0.05, 0) is 56.2 Å². The summed E-state index contributed by atoms with van der Waals surface area (Å²) in [5, 5.41) is 19.0. The molecule has 0 unspecified atom stereocenters. The van der Waals surface area contributed by atoms with Crippen molar-refractivity contribution in [2.75, 3.05) is 101 Å². The van der Waals surface area contributed by atoms with Gasteiger partial charge in [0.1, 0.15) is 12.1 Å². The van der Waals surface area contributed by atoms with E-state index in [9.17, 15) is 28.8 Å². The van der Waals surface area contributed by atoms with Crippen molar-refractivity contribution < 1.29 is 63.8 Å². The second-order valence-electron chi connectivity index (χ2n) is 23.0. The van der Waals surface area contributed by atoms with Gasteiger partial charge in [0, 0.05) is 53.9 Å². The predicted octanol–water partition coefficient (Wildman–Crippen LogP) is 6.88. The number of ether oxygens (including phenoxy) is 4. The zero-order valence-electron chi connectivity index (χ0n) is 51.4. The number of nitrogens with zero attached hydrogens (tertiary/aromatic N) is 4. The van der Waals surface area contributed by atoms with Crippen LogP contribution in [-0.4, -0.2) is 206 Å². The average Bonchev–Trinajstić information content (AvgIpc) is 4.14. The van der Waals surface area contributed by atoms with E-state index in [1.54, 1.807) is 30.9 Å². The van der Waals surface area contributed by atoms with E-state index in [4.69, 9.17) is 30.4 Å². The maximum absolute atomic E-state index is 14.5. The molecule has 1 aromatic rings. The monoisotopic (exact) mass is 1450 g/mol. The molecule has 2 aliphatic heterocycles. The van der Waals surface area contributed by atoms with Crippen LogP contribution in [0.25, 0.3) is 16.8 Å². The second kappa shape index (κ2) is 41.9. The number of carbonyl (C=O) groups excluding carboxylic acids is 6. The van der Waals surface area contributed by atoms with Crippen LogP contribution in [0.15, 0.2) is 30.3 Å². The van der Waals surface area contributed by atoms with E-state index >= 15 is 0 Å². The standard InChI is InChI=1S/C53H92N9O10.C6H12N2.HI.Pt/c1-13-37(6)47(61(10)52(67)45(35(2)3)59-51(66)46(36(4)5)60(8)9)43(69-11)33-44(63)62-27-17-20-42(62)48(70-12)38(7)49(64)58-41(32-39-18-15-14-16-19-39)50(65)55-25-28-71-30-31-72-29-26-56-53(68)57-34-40-21-23-54-24-22-40;7-5-3-1-2-4-6(5)8;;/h14-16,18-19,35-38,40-43,45-48H,13,17,20-34H2,1-12H3,(H,55,65)(H,58,64)(H,59,66)(H2,56,57,68);5-8H,1-4H2;1H;/q-1;-2;;+1/p-1/t37-,38+,41-,42-,43+,45-,46-,47-,48+;5-,6+;;/m0.../s1. The maximum Gasteiger partial charge on any atom is -0.0548 e. The first kappa shape index (κ1) is 75.0.